The largest absolute Gasteiger partial charge is 0.329 e. The van der Waals surface area contributed by atoms with Crippen LogP contribution >= 0.6 is 34.8 Å². The zero-order valence-corrected chi connectivity index (χ0v) is 11.6. The molecule has 1 aromatic rings. The highest BCUT2D eigenvalue weighted by Crippen LogP contribution is 2.33. The molecule has 0 aliphatic heterocycles. The Bertz CT molecular complexity index is 484. The Morgan fingerprint density at radius 2 is 1.71 bits per heavy atom. The molecule has 0 fully saturated rings. The van der Waals surface area contributed by atoms with E-state index in [1.165, 1.54) is 12.1 Å². The summed E-state index contributed by atoms with van der Waals surface area (Å²) in [5.41, 5.74) is 5.26. The first-order valence-corrected chi connectivity index (χ1v) is 7.09. The van der Waals surface area contributed by atoms with Gasteiger partial charge in [-0.25, -0.2) is 0 Å². The van der Waals surface area contributed by atoms with Crippen LogP contribution in [0.25, 0.3) is 0 Å². The van der Waals surface area contributed by atoms with Gasteiger partial charge in [-0.1, -0.05) is 34.8 Å². The van der Waals surface area contributed by atoms with Gasteiger partial charge in [-0.3, -0.25) is 4.72 Å². The van der Waals surface area contributed by atoms with E-state index in [0.29, 0.717) is 5.02 Å². The van der Waals surface area contributed by atoms with Crippen molar-refractivity contribution in [1.29, 1.82) is 0 Å². The van der Waals surface area contributed by atoms with Crippen LogP contribution in [0, 0.1) is 0 Å². The minimum atomic E-state index is -3.75. The first-order chi connectivity index (χ1) is 7.85. The fourth-order valence-corrected chi connectivity index (χ4v) is 2.97. The molecule has 0 radical (unpaired) electrons. The van der Waals surface area contributed by atoms with Gasteiger partial charge < -0.3 is 5.73 Å². The number of hydrogen-bond donors (Lipinski definition) is 3. The van der Waals surface area contributed by atoms with Gasteiger partial charge in [-0.2, -0.15) is 13.1 Å². The summed E-state index contributed by atoms with van der Waals surface area (Å²) >= 11 is 17.4. The molecule has 0 saturated heterocycles. The molecule has 17 heavy (non-hydrogen) atoms. The lowest BCUT2D eigenvalue weighted by Gasteiger charge is -2.11. The van der Waals surface area contributed by atoms with Crippen molar-refractivity contribution in [2.24, 2.45) is 5.73 Å². The quantitative estimate of drug-likeness (QED) is 0.774. The summed E-state index contributed by atoms with van der Waals surface area (Å²) in [6.07, 6.45) is 0. The third-order valence-electron chi connectivity index (χ3n) is 1.68. The van der Waals surface area contributed by atoms with Crippen molar-refractivity contribution in [2.45, 2.75) is 0 Å². The third kappa shape index (κ3) is 4.50. The van der Waals surface area contributed by atoms with E-state index in [-0.39, 0.29) is 28.8 Å². The lowest BCUT2D eigenvalue weighted by molar-refractivity contribution is 0.587. The summed E-state index contributed by atoms with van der Waals surface area (Å²) in [6.45, 7) is 0.293. The number of benzene rings is 1. The predicted molar refractivity (Wildman–Crippen MR) is 71.1 cm³/mol. The van der Waals surface area contributed by atoms with Crippen LogP contribution in [-0.4, -0.2) is 21.5 Å². The molecule has 1 rings (SSSR count). The number of halogens is 3. The van der Waals surface area contributed by atoms with Gasteiger partial charge in [0.1, 0.15) is 0 Å². The van der Waals surface area contributed by atoms with Gasteiger partial charge in [0.05, 0.1) is 15.7 Å². The highest BCUT2D eigenvalue weighted by molar-refractivity contribution is 7.90. The molecule has 0 atom stereocenters. The Labute approximate surface area is 114 Å². The molecule has 0 aliphatic carbocycles. The Hall–Kier alpha value is -0.240. The molecule has 0 spiro atoms. The summed E-state index contributed by atoms with van der Waals surface area (Å²) in [5.74, 6) is 0. The molecule has 4 N–H and O–H groups in total. The fourth-order valence-electron chi connectivity index (χ4n) is 1.00. The van der Waals surface area contributed by atoms with Crippen LogP contribution in [0.4, 0.5) is 5.69 Å². The van der Waals surface area contributed by atoms with Crippen LogP contribution < -0.4 is 15.2 Å². The molecule has 0 amide bonds. The highest BCUT2D eigenvalue weighted by Gasteiger charge is 2.14. The number of nitrogens with two attached hydrogens (primary N) is 1. The van der Waals surface area contributed by atoms with Crippen LogP contribution in [0.2, 0.25) is 15.1 Å². The van der Waals surface area contributed by atoms with Crippen molar-refractivity contribution in [3.05, 3.63) is 27.2 Å². The zero-order chi connectivity index (χ0) is 13.1. The van der Waals surface area contributed by atoms with Gasteiger partial charge in [0, 0.05) is 18.1 Å². The Morgan fingerprint density at radius 1 is 1.18 bits per heavy atom. The van der Waals surface area contributed by atoms with Crippen LogP contribution in [0.3, 0.4) is 0 Å². The Kier molecular flexibility index (Phi) is 5.30. The van der Waals surface area contributed by atoms with Crippen LogP contribution in [0.15, 0.2) is 12.1 Å². The van der Waals surface area contributed by atoms with Crippen molar-refractivity contribution in [1.82, 2.24) is 4.72 Å². The van der Waals surface area contributed by atoms with Crippen molar-refractivity contribution in [3.63, 3.8) is 0 Å². The molecule has 96 valence electrons. The first kappa shape index (κ1) is 14.8. The Morgan fingerprint density at radius 3 is 2.18 bits per heavy atom. The van der Waals surface area contributed by atoms with Crippen LogP contribution in [0.1, 0.15) is 0 Å². The van der Waals surface area contributed by atoms with E-state index in [4.69, 9.17) is 40.5 Å². The topological polar surface area (TPSA) is 84.2 Å². The maximum absolute atomic E-state index is 11.5. The van der Waals surface area contributed by atoms with Crippen molar-refractivity contribution in [3.8, 4) is 0 Å². The summed E-state index contributed by atoms with van der Waals surface area (Å²) in [5, 5.41) is 0.541. The summed E-state index contributed by atoms with van der Waals surface area (Å²) in [7, 11) is -3.75. The SMILES string of the molecule is NCCNS(=O)(=O)Nc1c(Cl)cc(Cl)cc1Cl. The first-order valence-electron chi connectivity index (χ1n) is 4.48. The van der Waals surface area contributed by atoms with Gasteiger partial charge >= 0.3 is 0 Å². The number of anilines is 1. The molecule has 0 aliphatic rings. The highest BCUT2D eigenvalue weighted by atomic mass is 35.5. The van der Waals surface area contributed by atoms with E-state index in [0.717, 1.165) is 0 Å². The maximum atomic E-state index is 11.5. The van der Waals surface area contributed by atoms with E-state index >= 15 is 0 Å². The van der Waals surface area contributed by atoms with Crippen molar-refractivity contribution < 1.29 is 8.42 Å². The second kappa shape index (κ2) is 6.08. The summed E-state index contributed by atoms with van der Waals surface area (Å²) < 4.78 is 27.5. The van der Waals surface area contributed by atoms with Gasteiger partial charge in [0.15, 0.2) is 0 Å². The standard InChI is InChI=1S/C8H10Cl3N3O2S/c9-5-3-6(10)8(7(11)4-5)14-17(15,16)13-2-1-12/h3-4,13-14H,1-2,12H2. The summed E-state index contributed by atoms with van der Waals surface area (Å²) in [4.78, 5) is 0. The predicted octanol–water partition coefficient (Wildman–Crippen LogP) is 1.85. The van der Waals surface area contributed by atoms with Gasteiger partial charge in [-0.05, 0) is 12.1 Å². The minimum absolute atomic E-state index is 0.0715. The van der Waals surface area contributed by atoms with E-state index in [9.17, 15) is 8.42 Å². The van der Waals surface area contributed by atoms with Crippen LogP contribution in [0.5, 0.6) is 0 Å². The van der Waals surface area contributed by atoms with E-state index in [2.05, 4.69) is 9.44 Å². The molecule has 1 aromatic carbocycles. The van der Waals surface area contributed by atoms with Crippen molar-refractivity contribution in [2.75, 3.05) is 17.8 Å². The molecule has 9 heteroatoms. The molecule has 0 saturated carbocycles. The van der Waals surface area contributed by atoms with Gasteiger partial charge in [0.25, 0.3) is 10.2 Å². The molecule has 0 heterocycles. The third-order valence-corrected chi connectivity index (χ3v) is 3.55. The van der Waals surface area contributed by atoms with E-state index in [1.54, 1.807) is 0 Å². The lowest BCUT2D eigenvalue weighted by atomic mass is 10.3. The monoisotopic (exact) mass is 317 g/mol. The molecular weight excluding hydrogens is 309 g/mol. The normalized spacial score (nSPS) is 11.5. The van der Waals surface area contributed by atoms with Gasteiger partial charge in [0.2, 0.25) is 0 Å². The van der Waals surface area contributed by atoms with E-state index < -0.39 is 10.2 Å². The number of hydrogen-bond acceptors (Lipinski definition) is 3. The second-order valence-corrected chi connectivity index (χ2v) is 5.78. The second-order valence-electron chi connectivity index (χ2n) is 3.03. The maximum Gasteiger partial charge on any atom is 0.299 e. The fraction of sp³-hybridized carbons (Fsp3) is 0.250. The molecular formula is C8H10Cl3N3O2S. The van der Waals surface area contributed by atoms with E-state index in [1.807, 2.05) is 0 Å². The average Bonchev–Trinajstić information content (AvgIpc) is 2.21. The minimum Gasteiger partial charge on any atom is -0.329 e. The lowest BCUT2D eigenvalue weighted by Crippen LogP contribution is -2.34. The Balaban J connectivity index is 2.96. The molecule has 5 nitrogen and oxygen atoms in total. The van der Waals surface area contributed by atoms with Crippen molar-refractivity contribution >= 4 is 50.7 Å². The number of nitrogens with one attached hydrogen (secondary N) is 2. The zero-order valence-electron chi connectivity index (χ0n) is 8.50. The summed E-state index contributed by atoms with van der Waals surface area (Å²) in [6, 6.07) is 2.77. The molecule has 0 bridgehead atoms. The molecule has 0 aromatic heterocycles. The number of rotatable bonds is 5. The average molecular weight is 319 g/mol. The van der Waals surface area contributed by atoms with Gasteiger partial charge in [-0.15, -0.1) is 0 Å². The smallest absolute Gasteiger partial charge is 0.299 e. The molecule has 0 unspecified atom stereocenters. The van der Waals surface area contributed by atoms with Crippen LogP contribution in [-0.2, 0) is 10.2 Å².